The van der Waals surface area contributed by atoms with Gasteiger partial charge in [0.05, 0.1) is 6.61 Å². The largest absolute Gasteiger partial charge is 0.394 e. The summed E-state index contributed by atoms with van der Waals surface area (Å²) in [6.45, 7) is 1.52. The van der Waals surface area contributed by atoms with Crippen molar-refractivity contribution in [1.29, 1.82) is 0 Å². The predicted octanol–water partition coefficient (Wildman–Crippen LogP) is 4.00. The highest BCUT2D eigenvalue weighted by Gasteiger charge is 2.26. The third-order valence-electron chi connectivity index (χ3n) is 4.26. The maximum atomic E-state index is 11.7. The number of carbonyl (C=O) groups excluding carboxylic acids is 1. The number of hydrogen-bond donors (Lipinski definition) is 3. The summed E-state index contributed by atoms with van der Waals surface area (Å²) in [4.78, 5) is 11.7. The average Bonchev–Trinajstić information content (AvgIpc) is 2.63. The third kappa shape index (κ3) is 13.4. The molecule has 0 rings (SSSR count). The van der Waals surface area contributed by atoms with Gasteiger partial charge in [0, 0.05) is 6.42 Å². The minimum absolute atomic E-state index is 0.171. The van der Waals surface area contributed by atoms with Crippen molar-refractivity contribution in [2.45, 2.75) is 95.9 Å². The number of hydrogen-bond acceptors (Lipinski definition) is 5. The molecule has 0 spiro atoms. The van der Waals surface area contributed by atoms with Gasteiger partial charge in [-0.2, -0.15) is 0 Å². The van der Waals surface area contributed by atoms with Crippen LogP contribution in [-0.4, -0.2) is 39.4 Å². The lowest BCUT2D eigenvalue weighted by Gasteiger charge is -2.14. The Morgan fingerprint density at radius 1 is 0.920 bits per heavy atom. The number of unbranched alkanes of at least 4 members (excludes halogenated alkanes) is 9. The van der Waals surface area contributed by atoms with Crippen molar-refractivity contribution in [3.63, 3.8) is 0 Å². The summed E-state index contributed by atoms with van der Waals surface area (Å²) in [5, 5.41) is 27.3. The van der Waals surface area contributed by atoms with Crippen molar-refractivity contribution in [1.82, 2.24) is 0 Å². The molecule has 0 aromatic heterocycles. The third-order valence-corrected chi connectivity index (χ3v) is 5.98. The van der Waals surface area contributed by atoms with Gasteiger partial charge in [-0.15, -0.1) is 0 Å². The molecule has 0 aliphatic rings. The van der Waals surface area contributed by atoms with Crippen LogP contribution in [0.25, 0.3) is 0 Å². The first-order chi connectivity index (χ1) is 12.0. The van der Waals surface area contributed by atoms with Crippen LogP contribution in [0.3, 0.4) is 0 Å². The molecule has 0 bridgehead atoms. The van der Waals surface area contributed by atoms with Crippen LogP contribution in [0.15, 0.2) is 12.2 Å². The fraction of sp³-hybridized carbons (Fsp3) is 0.842. The second kappa shape index (κ2) is 17.0. The van der Waals surface area contributed by atoms with Gasteiger partial charge in [0.15, 0.2) is 13.3 Å². The first-order valence-electron chi connectivity index (χ1n) is 9.73. The van der Waals surface area contributed by atoms with Crippen molar-refractivity contribution >= 4 is 13.3 Å². The summed E-state index contributed by atoms with van der Waals surface area (Å²) in [6, 6.07) is 0. The van der Waals surface area contributed by atoms with Crippen LogP contribution in [0.4, 0.5) is 0 Å². The van der Waals surface area contributed by atoms with Gasteiger partial charge < -0.3 is 19.9 Å². The molecule has 0 radical (unpaired) electrons. The Bertz CT molecular complexity index is 384. The van der Waals surface area contributed by atoms with Crippen LogP contribution in [-0.2, 0) is 9.36 Å². The molecule has 0 aromatic rings. The highest BCUT2D eigenvalue weighted by atomic mass is 31.1. The lowest BCUT2D eigenvalue weighted by Crippen LogP contribution is -2.27. The van der Waals surface area contributed by atoms with Gasteiger partial charge in [-0.1, -0.05) is 57.6 Å². The molecule has 0 amide bonds. The molecular formula is C19H37O5P. The van der Waals surface area contributed by atoms with Crippen molar-refractivity contribution in [2.75, 3.05) is 6.61 Å². The smallest absolute Gasteiger partial charge is 0.191 e. The number of carbonyl (C=O) groups is 1. The Kier molecular flexibility index (Phi) is 16.6. The van der Waals surface area contributed by atoms with Crippen LogP contribution in [0.2, 0.25) is 0 Å². The number of aliphatic hydroxyl groups excluding tert-OH is 3. The highest BCUT2D eigenvalue weighted by molar-refractivity contribution is 7.64. The summed E-state index contributed by atoms with van der Waals surface area (Å²) >= 11 is 0. The van der Waals surface area contributed by atoms with E-state index in [9.17, 15) is 19.6 Å². The van der Waals surface area contributed by atoms with Crippen LogP contribution in [0.1, 0.15) is 84.0 Å². The zero-order valence-corrected chi connectivity index (χ0v) is 16.7. The topological polar surface area (TPSA) is 94.8 Å². The van der Waals surface area contributed by atoms with Gasteiger partial charge in [0.2, 0.25) is 0 Å². The van der Waals surface area contributed by atoms with Crippen LogP contribution < -0.4 is 0 Å². The highest BCUT2D eigenvalue weighted by Crippen LogP contribution is 2.31. The summed E-state index contributed by atoms with van der Waals surface area (Å²) in [5.74, 6) is -1.63. The van der Waals surface area contributed by atoms with Crippen LogP contribution in [0, 0.1) is 0 Å². The minimum atomic E-state index is -2.92. The monoisotopic (exact) mass is 376 g/mol. The van der Waals surface area contributed by atoms with E-state index < -0.39 is 31.9 Å². The lowest BCUT2D eigenvalue weighted by atomic mass is 10.1. The molecule has 3 atom stereocenters. The normalized spacial score (nSPS) is 15.4. The van der Waals surface area contributed by atoms with E-state index in [1.807, 2.05) is 0 Å². The predicted molar refractivity (Wildman–Crippen MR) is 103 cm³/mol. The molecule has 0 aliphatic carbocycles. The number of aliphatic hydroxyl groups is 3. The van der Waals surface area contributed by atoms with Crippen molar-refractivity contribution in [3.8, 4) is 0 Å². The van der Waals surface area contributed by atoms with E-state index in [1.165, 1.54) is 32.1 Å². The molecule has 25 heavy (non-hydrogen) atoms. The van der Waals surface area contributed by atoms with Gasteiger partial charge in [-0.3, -0.25) is 4.79 Å². The van der Waals surface area contributed by atoms with Crippen molar-refractivity contribution in [2.24, 2.45) is 0 Å². The molecule has 0 fully saturated rings. The fourth-order valence-electron chi connectivity index (χ4n) is 2.57. The van der Waals surface area contributed by atoms with E-state index in [2.05, 4.69) is 19.1 Å². The van der Waals surface area contributed by atoms with Gasteiger partial charge >= 0.3 is 0 Å². The molecule has 148 valence electrons. The molecule has 5 nitrogen and oxygen atoms in total. The van der Waals surface area contributed by atoms with E-state index in [4.69, 9.17) is 5.11 Å². The molecule has 0 saturated carbocycles. The Morgan fingerprint density at radius 2 is 1.44 bits per heavy atom. The van der Waals surface area contributed by atoms with E-state index in [-0.39, 0.29) is 6.42 Å². The number of allylic oxidation sites excluding steroid dienone is 2. The summed E-state index contributed by atoms with van der Waals surface area (Å²) in [6.07, 6.45) is 15.6. The van der Waals surface area contributed by atoms with E-state index >= 15 is 0 Å². The van der Waals surface area contributed by atoms with Crippen LogP contribution in [0.5, 0.6) is 0 Å². The molecule has 0 aromatic carbocycles. The Morgan fingerprint density at radius 3 is 2.00 bits per heavy atom. The Labute approximate surface area is 153 Å². The average molecular weight is 376 g/mol. The van der Waals surface area contributed by atoms with E-state index in [0.29, 0.717) is 6.42 Å². The lowest BCUT2D eigenvalue weighted by molar-refractivity contribution is -0.112. The molecule has 0 aliphatic heterocycles. The van der Waals surface area contributed by atoms with Gasteiger partial charge in [-0.05, 0) is 32.1 Å². The molecule has 0 heterocycles. The van der Waals surface area contributed by atoms with Gasteiger partial charge in [0.1, 0.15) is 11.9 Å². The van der Waals surface area contributed by atoms with Crippen LogP contribution >= 0.6 is 7.80 Å². The maximum absolute atomic E-state index is 11.7. The first kappa shape index (κ1) is 24.5. The minimum Gasteiger partial charge on any atom is -0.394 e. The van der Waals surface area contributed by atoms with E-state index in [0.717, 1.165) is 32.1 Å². The zero-order valence-electron chi connectivity index (χ0n) is 15.7. The Balaban J connectivity index is 3.53. The second-order valence-electron chi connectivity index (χ2n) is 6.61. The SMILES string of the molecule is CCCCCC/C=C\CCCCCCCC(=O)[PH](=O)C(O)C(O)CO. The summed E-state index contributed by atoms with van der Waals surface area (Å²) in [7, 11) is -2.92. The van der Waals surface area contributed by atoms with E-state index in [1.54, 1.807) is 0 Å². The Hall–Kier alpha value is -0.480. The van der Waals surface area contributed by atoms with Crippen molar-refractivity contribution in [3.05, 3.63) is 12.2 Å². The number of rotatable bonds is 17. The van der Waals surface area contributed by atoms with Gasteiger partial charge in [-0.25, -0.2) is 0 Å². The quantitative estimate of drug-likeness (QED) is 0.203. The van der Waals surface area contributed by atoms with Crippen molar-refractivity contribution < 1.29 is 24.7 Å². The van der Waals surface area contributed by atoms with Gasteiger partial charge in [0.25, 0.3) is 0 Å². The molecular weight excluding hydrogens is 339 g/mol. The standard InChI is InChI=1S/C19H37O5P/c1-2-3-4-5-6-7-8-9-10-11-12-13-14-15-18(22)25(24)19(23)17(21)16-20/h7-8,17,19-21,23,25H,2-6,9-16H2,1H3/b8-7-. The first-order valence-corrected chi connectivity index (χ1v) is 11.2. The molecule has 6 heteroatoms. The fourth-order valence-corrected chi connectivity index (χ4v) is 3.77. The summed E-state index contributed by atoms with van der Waals surface area (Å²) in [5.41, 5.74) is -0.490. The maximum Gasteiger partial charge on any atom is 0.191 e. The molecule has 3 N–H and O–H groups in total. The second-order valence-corrected chi connectivity index (χ2v) is 8.49. The zero-order chi connectivity index (χ0) is 18.9. The molecule has 0 saturated heterocycles. The summed E-state index contributed by atoms with van der Waals surface area (Å²) < 4.78 is 11.7. The molecule has 3 unspecified atom stereocenters.